The van der Waals surface area contributed by atoms with E-state index in [1.54, 1.807) is 12.1 Å². The van der Waals surface area contributed by atoms with Gasteiger partial charge in [0.1, 0.15) is 5.82 Å². The van der Waals surface area contributed by atoms with Crippen LogP contribution in [0.15, 0.2) is 28.8 Å². The molecule has 1 N–H and O–H groups in total. The zero-order valence-electron chi connectivity index (χ0n) is 14.4. The number of nitrogens with one attached hydrogen (secondary N) is 1. The highest BCUT2D eigenvalue weighted by molar-refractivity contribution is 5.78. The van der Waals surface area contributed by atoms with E-state index >= 15 is 0 Å². The number of piperidine rings is 1. The number of hydrogen-bond acceptors (Lipinski definition) is 5. The molecule has 1 aromatic heterocycles. The maximum atomic E-state index is 13.3. The van der Waals surface area contributed by atoms with Crippen LogP contribution in [0.2, 0.25) is 0 Å². The highest BCUT2D eigenvalue weighted by atomic mass is 19.1. The second-order valence-electron chi connectivity index (χ2n) is 6.39. The van der Waals surface area contributed by atoms with Gasteiger partial charge in [-0.1, -0.05) is 24.2 Å². The Morgan fingerprint density at radius 1 is 1.48 bits per heavy atom. The van der Waals surface area contributed by atoms with Crippen molar-refractivity contribution in [2.24, 2.45) is 0 Å². The van der Waals surface area contributed by atoms with E-state index in [2.05, 4.69) is 20.4 Å². The summed E-state index contributed by atoms with van der Waals surface area (Å²) in [4.78, 5) is 18.4. The van der Waals surface area contributed by atoms with Crippen molar-refractivity contribution in [1.82, 2.24) is 20.4 Å². The lowest BCUT2D eigenvalue weighted by molar-refractivity contribution is -0.122. The van der Waals surface area contributed by atoms with E-state index in [1.807, 2.05) is 6.92 Å². The minimum absolute atomic E-state index is 0.0495. The Balaban J connectivity index is 1.63. The summed E-state index contributed by atoms with van der Waals surface area (Å²) in [6.07, 6.45) is 2.85. The third-order valence-corrected chi connectivity index (χ3v) is 4.32. The van der Waals surface area contributed by atoms with Gasteiger partial charge in [-0.25, -0.2) is 4.39 Å². The average molecular weight is 346 g/mol. The van der Waals surface area contributed by atoms with Crippen LogP contribution in [0, 0.1) is 5.82 Å². The van der Waals surface area contributed by atoms with Crippen LogP contribution in [0.25, 0.3) is 11.4 Å². The van der Waals surface area contributed by atoms with Gasteiger partial charge >= 0.3 is 0 Å². The van der Waals surface area contributed by atoms with E-state index in [1.165, 1.54) is 12.1 Å². The first-order valence-corrected chi connectivity index (χ1v) is 8.74. The van der Waals surface area contributed by atoms with Gasteiger partial charge in [0.05, 0.1) is 12.5 Å². The number of nitrogens with zero attached hydrogens (tertiary/aromatic N) is 3. The second kappa shape index (κ2) is 8.20. The Labute approximate surface area is 146 Å². The fourth-order valence-electron chi connectivity index (χ4n) is 3.07. The van der Waals surface area contributed by atoms with Gasteiger partial charge in [0.15, 0.2) is 0 Å². The van der Waals surface area contributed by atoms with E-state index < -0.39 is 0 Å². The number of halogens is 1. The minimum atomic E-state index is -0.328. The molecule has 6 nitrogen and oxygen atoms in total. The molecule has 25 heavy (non-hydrogen) atoms. The van der Waals surface area contributed by atoms with Crippen LogP contribution in [0.1, 0.15) is 38.0 Å². The van der Waals surface area contributed by atoms with E-state index in [0.717, 1.165) is 25.8 Å². The van der Waals surface area contributed by atoms with Crippen LogP contribution in [-0.4, -0.2) is 47.1 Å². The molecule has 134 valence electrons. The quantitative estimate of drug-likeness (QED) is 0.870. The molecule has 2 heterocycles. The van der Waals surface area contributed by atoms with Crippen molar-refractivity contribution < 1.29 is 13.7 Å². The highest BCUT2D eigenvalue weighted by Crippen LogP contribution is 2.27. The van der Waals surface area contributed by atoms with Crippen LogP contribution in [-0.2, 0) is 4.79 Å². The number of likely N-dealkylation sites (tertiary alicyclic amines) is 1. The van der Waals surface area contributed by atoms with Crippen molar-refractivity contribution >= 4 is 5.91 Å². The summed E-state index contributed by atoms with van der Waals surface area (Å²) in [5.74, 6) is 0.770. The average Bonchev–Trinajstić information content (AvgIpc) is 3.10. The molecule has 7 heteroatoms. The predicted octanol–water partition coefficient (Wildman–Crippen LogP) is 2.58. The van der Waals surface area contributed by atoms with Gasteiger partial charge in [-0.15, -0.1) is 0 Å². The number of benzene rings is 1. The maximum absolute atomic E-state index is 13.3. The Hall–Kier alpha value is -2.28. The first-order chi connectivity index (χ1) is 12.2. The summed E-state index contributed by atoms with van der Waals surface area (Å²) in [5.41, 5.74) is 0.599. The number of hydrogen-bond donors (Lipinski definition) is 1. The normalized spacial score (nSPS) is 18.2. The molecule has 0 bridgehead atoms. The third-order valence-electron chi connectivity index (χ3n) is 4.32. The fourth-order valence-corrected chi connectivity index (χ4v) is 3.07. The summed E-state index contributed by atoms with van der Waals surface area (Å²) in [6, 6.07) is 6.15. The molecular formula is C18H23FN4O2. The van der Waals surface area contributed by atoms with Gasteiger partial charge in [0, 0.05) is 18.7 Å². The van der Waals surface area contributed by atoms with Crippen LogP contribution in [0.3, 0.4) is 0 Å². The molecule has 1 atom stereocenters. The molecule has 0 spiro atoms. The molecule has 1 amide bonds. The summed E-state index contributed by atoms with van der Waals surface area (Å²) in [5, 5.41) is 6.88. The number of carbonyl (C=O) groups is 1. The standard InChI is InChI=1S/C18H23FN4O2/c1-2-8-20-16(24)12-23-9-4-6-14(11-23)18-21-17(22-25-18)13-5-3-7-15(19)10-13/h3,5,7,10,14H,2,4,6,8-9,11-12H2,1H3,(H,20,24)/t14-/m0/s1. The van der Waals surface area contributed by atoms with E-state index in [0.29, 0.717) is 36.9 Å². The first kappa shape index (κ1) is 17.5. The Bertz CT molecular complexity index is 719. The van der Waals surface area contributed by atoms with Crippen LogP contribution in [0.5, 0.6) is 0 Å². The molecule has 1 aromatic carbocycles. The van der Waals surface area contributed by atoms with Gasteiger partial charge in [-0.05, 0) is 37.9 Å². The van der Waals surface area contributed by atoms with E-state index in [9.17, 15) is 9.18 Å². The van der Waals surface area contributed by atoms with Crippen molar-refractivity contribution in [1.29, 1.82) is 0 Å². The molecule has 1 aliphatic heterocycles. The number of carbonyl (C=O) groups excluding carboxylic acids is 1. The zero-order valence-corrected chi connectivity index (χ0v) is 14.4. The monoisotopic (exact) mass is 346 g/mol. The largest absolute Gasteiger partial charge is 0.355 e. The lowest BCUT2D eigenvalue weighted by atomic mass is 9.98. The molecule has 1 fully saturated rings. The molecule has 0 radical (unpaired) electrons. The minimum Gasteiger partial charge on any atom is -0.355 e. The summed E-state index contributed by atoms with van der Waals surface area (Å²) in [6.45, 7) is 4.73. The molecule has 1 aliphatic rings. The molecule has 0 unspecified atom stereocenters. The maximum Gasteiger partial charge on any atom is 0.234 e. The zero-order chi connectivity index (χ0) is 17.6. The van der Waals surface area contributed by atoms with Crippen molar-refractivity contribution in [3.63, 3.8) is 0 Å². The van der Waals surface area contributed by atoms with Crippen molar-refractivity contribution in [2.75, 3.05) is 26.2 Å². The summed E-state index contributed by atoms with van der Waals surface area (Å²) in [7, 11) is 0. The predicted molar refractivity (Wildman–Crippen MR) is 91.4 cm³/mol. The highest BCUT2D eigenvalue weighted by Gasteiger charge is 2.27. The van der Waals surface area contributed by atoms with Gasteiger partial charge in [-0.2, -0.15) is 4.98 Å². The van der Waals surface area contributed by atoms with Gasteiger partial charge in [0.2, 0.25) is 17.6 Å². The van der Waals surface area contributed by atoms with E-state index in [4.69, 9.17) is 4.52 Å². The number of aromatic nitrogens is 2. The lowest BCUT2D eigenvalue weighted by Gasteiger charge is -2.30. The molecule has 3 rings (SSSR count). The smallest absolute Gasteiger partial charge is 0.234 e. The Kier molecular flexibility index (Phi) is 5.75. The summed E-state index contributed by atoms with van der Waals surface area (Å²) >= 11 is 0. The Morgan fingerprint density at radius 3 is 3.16 bits per heavy atom. The van der Waals surface area contributed by atoms with Crippen molar-refractivity contribution in [3.8, 4) is 11.4 Å². The summed E-state index contributed by atoms with van der Waals surface area (Å²) < 4.78 is 18.8. The van der Waals surface area contributed by atoms with Crippen molar-refractivity contribution in [2.45, 2.75) is 32.1 Å². The van der Waals surface area contributed by atoms with E-state index in [-0.39, 0.29) is 17.6 Å². The van der Waals surface area contributed by atoms with Gasteiger partial charge < -0.3 is 9.84 Å². The second-order valence-corrected chi connectivity index (χ2v) is 6.39. The first-order valence-electron chi connectivity index (χ1n) is 8.74. The SMILES string of the molecule is CCCNC(=O)CN1CCC[C@H](c2nc(-c3cccc(F)c3)no2)C1. The van der Waals surface area contributed by atoms with Crippen LogP contribution in [0.4, 0.5) is 4.39 Å². The van der Waals surface area contributed by atoms with Gasteiger partial charge in [0.25, 0.3) is 0 Å². The Morgan fingerprint density at radius 2 is 2.36 bits per heavy atom. The molecule has 0 aliphatic carbocycles. The lowest BCUT2D eigenvalue weighted by Crippen LogP contribution is -2.42. The molecule has 2 aromatic rings. The van der Waals surface area contributed by atoms with Crippen LogP contribution >= 0.6 is 0 Å². The number of amides is 1. The molecule has 1 saturated heterocycles. The van der Waals surface area contributed by atoms with Gasteiger partial charge in [-0.3, -0.25) is 9.69 Å². The van der Waals surface area contributed by atoms with Crippen molar-refractivity contribution in [3.05, 3.63) is 36.0 Å². The van der Waals surface area contributed by atoms with Crippen LogP contribution < -0.4 is 5.32 Å². The topological polar surface area (TPSA) is 71.3 Å². The third kappa shape index (κ3) is 4.63. The fraction of sp³-hybridized carbons (Fsp3) is 0.500. The molecule has 0 saturated carbocycles. The number of rotatable bonds is 6. The molecular weight excluding hydrogens is 323 g/mol.